The molecule has 4 heteroatoms. The van der Waals surface area contributed by atoms with Crippen molar-refractivity contribution in [2.45, 2.75) is 13.5 Å². The van der Waals surface area contributed by atoms with Gasteiger partial charge in [0.25, 0.3) is 11.7 Å². The van der Waals surface area contributed by atoms with Crippen molar-refractivity contribution in [3.05, 3.63) is 62.7 Å². The minimum atomic E-state index is -0.437. The van der Waals surface area contributed by atoms with Crippen molar-refractivity contribution >= 4 is 40.0 Å². The van der Waals surface area contributed by atoms with Gasteiger partial charge in [-0.05, 0) is 58.8 Å². The normalized spacial score (nSPS) is 13.8. The molecule has 0 radical (unpaired) electrons. The number of benzene rings is 2. The van der Waals surface area contributed by atoms with Gasteiger partial charge in [0.05, 0.1) is 17.8 Å². The van der Waals surface area contributed by atoms with E-state index in [0.29, 0.717) is 12.1 Å². The molecule has 0 spiro atoms. The van der Waals surface area contributed by atoms with Crippen LogP contribution in [0.15, 0.2) is 42.5 Å². The van der Waals surface area contributed by atoms with E-state index in [1.165, 1.54) is 0 Å². The molecule has 0 N–H and O–H groups in total. The average molecular weight is 377 g/mol. The van der Waals surface area contributed by atoms with E-state index in [9.17, 15) is 9.59 Å². The molecule has 0 aromatic heterocycles. The highest BCUT2D eigenvalue weighted by molar-refractivity contribution is 14.1. The summed E-state index contributed by atoms with van der Waals surface area (Å²) in [6.07, 6.45) is 0. The molecule has 0 bridgehead atoms. The summed E-state index contributed by atoms with van der Waals surface area (Å²) in [6.45, 7) is 2.35. The summed E-state index contributed by atoms with van der Waals surface area (Å²) in [6, 6.07) is 13.4. The number of aryl methyl sites for hydroxylation is 1. The summed E-state index contributed by atoms with van der Waals surface area (Å²) < 4.78 is 1.15. The van der Waals surface area contributed by atoms with Crippen LogP contribution in [0.2, 0.25) is 0 Å². The van der Waals surface area contributed by atoms with Gasteiger partial charge in [0.2, 0.25) is 0 Å². The molecule has 1 aliphatic rings. The lowest BCUT2D eigenvalue weighted by Crippen LogP contribution is -2.29. The van der Waals surface area contributed by atoms with Crippen LogP contribution < -0.4 is 4.90 Å². The Morgan fingerprint density at radius 2 is 1.75 bits per heavy atom. The molecule has 0 unspecified atom stereocenters. The number of hydrogen-bond acceptors (Lipinski definition) is 2. The van der Waals surface area contributed by atoms with Gasteiger partial charge in [0, 0.05) is 3.57 Å². The Kier molecular flexibility index (Phi) is 3.33. The first-order chi connectivity index (χ1) is 9.58. The molecule has 20 heavy (non-hydrogen) atoms. The van der Waals surface area contributed by atoms with Crippen molar-refractivity contribution in [2.24, 2.45) is 0 Å². The Balaban J connectivity index is 2.01. The third-order valence-electron chi connectivity index (χ3n) is 3.45. The molecular formula is C16H12INO2. The van der Waals surface area contributed by atoms with Crippen molar-refractivity contribution in [1.82, 2.24) is 0 Å². The van der Waals surface area contributed by atoms with Crippen LogP contribution >= 0.6 is 22.6 Å². The highest BCUT2D eigenvalue weighted by atomic mass is 127. The van der Waals surface area contributed by atoms with Crippen molar-refractivity contribution in [3.8, 4) is 0 Å². The summed E-state index contributed by atoms with van der Waals surface area (Å²) in [5.74, 6) is -0.845. The number of para-hydroxylation sites is 1. The van der Waals surface area contributed by atoms with Crippen LogP contribution in [-0.4, -0.2) is 11.7 Å². The second-order valence-corrected chi connectivity index (χ2v) is 6.06. The molecule has 2 aromatic rings. The monoisotopic (exact) mass is 377 g/mol. The molecule has 1 heterocycles. The smallest absolute Gasteiger partial charge is 0.299 e. The standard InChI is InChI=1S/C16H12INO2/c1-10-3-2-4-13-14(10)18(16(20)15(13)19)9-11-5-7-12(17)8-6-11/h2-8H,9H2,1H3. The highest BCUT2D eigenvalue weighted by Gasteiger charge is 2.36. The number of rotatable bonds is 2. The molecule has 1 amide bonds. The second-order valence-electron chi connectivity index (χ2n) is 4.82. The average Bonchev–Trinajstić information content (AvgIpc) is 2.68. The molecule has 3 rings (SSSR count). The second kappa shape index (κ2) is 5.01. The lowest BCUT2D eigenvalue weighted by molar-refractivity contribution is -0.114. The Labute approximate surface area is 130 Å². The molecule has 0 saturated heterocycles. The summed E-state index contributed by atoms with van der Waals surface area (Å²) in [5, 5.41) is 0. The molecule has 0 saturated carbocycles. The third-order valence-corrected chi connectivity index (χ3v) is 4.16. The van der Waals surface area contributed by atoms with E-state index >= 15 is 0 Å². The zero-order chi connectivity index (χ0) is 14.3. The Morgan fingerprint density at radius 3 is 2.45 bits per heavy atom. The maximum atomic E-state index is 12.2. The predicted molar refractivity (Wildman–Crippen MR) is 85.9 cm³/mol. The fourth-order valence-electron chi connectivity index (χ4n) is 2.46. The van der Waals surface area contributed by atoms with Gasteiger partial charge in [-0.15, -0.1) is 0 Å². The van der Waals surface area contributed by atoms with Crippen LogP contribution in [0.4, 0.5) is 5.69 Å². The number of carbonyl (C=O) groups excluding carboxylic acids is 2. The van der Waals surface area contributed by atoms with Crippen LogP contribution in [0.3, 0.4) is 0 Å². The third kappa shape index (κ3) is 2.14. The van der Waals surface area contributed by atoms with Crippen molar-refractivity contribution in [1.29, 1.82) is 0 Å². The Hall–Kier alpha value is -1.69. The highest BCUT2D eigenvalue weighted by Crippen LogP contribution is 2.33. The van der Waals surface area contributed by atoms with Gasteiger partial charge >= 0.3 is 0 Å². The molecule has 2 aromatic carbocycles. The topological polar surface area (TPSA) is 37.4 Å². The van der Waals surface area contributed by atoms with E-state index in [4.69, 9.17) is 0 Å². The van der Waals surface area contributed by atoms with E-state index in [2.05, 4.69) is 22.6 Å². The minimum absolute atomic E-state index is 0.408. The zero-order valence-corrected chi connectivity index (χ0v) is 13.0. The van der Waals surface area contributed by atoms with E-state index in [1.807, 2.05) is 43.3 Å². The first-order valence-corrected chi connectivity index (χ1v) is 7.36. The summed E-state index contributed by atoms with van der Waals surface area (Å²) >= 11 is 2.24. The summed E-state index contributed by atoms with van der Waals surface area (Å²) in [4.78, 5) is 25.8. The lowest BCUT2D eigenvalue weighted by Gasteiger charge is -2.18. The Morgan fingerprint density at radius 1 is 1.05 bits per heavy atom. The van der Waals surface area contributed by atoms with Gasteiger partial charge in [-0.3, -0.25) is 9.59 Å². The fourth-order valence-corrected chi connectivity index (χ4v) is 2.82. The molecule has 3 nitrogen and oxygen atoms in total. The number of halogens is 1. The number of fused-ring (bicyclic) bond motifs is 1. The van der Waals surface area contributed by atoms with Gasteiger partial charge in [-0.1, -0.05) is 24.3 Å². The quantitative estimate of drug-likeness (QED) is 0.595. The molecule has 1 aliphatic heterocycles. The first kappa shape index (κ1) is 13.3. The van der Waals surface area contributed by atoms with Gasteiger partial charge in [0.1, 0.15) is 0 Å². The lowest BCUT2D eigenvalue weighted by atomic mass is 10.1. The number of ketones is 1. The van der Waals surface area contributed by atoms with Crippen molar-refractivity contribution in [3.63, 3.8) is 0 Å². The van der Waals surface area contributed by atoms with Crippen molar-refractivity contribution in [2.75, 3.05) is 4.90 Å². The molecule has 100 valence electrons. The van der Waals surface area contributed by atoms with Crippen LogP contribution in [0, 0.1) is 10.5 Å². The van der Waals surface area contributed by atoms with Crippen LogP contribution in [0.5, 0.6) is 0 Å². The van der Waals surface area contributed by atoms with E-state index < -0.39 is 11.7 Å². The maximum Gasteiger partial charge on any atom is 0.299 e. The van der Waals surface area contributed by atoms with Gasteiger partial charge < -0.3 is 4.90 Å². The maximum absolute atomic E-state index is 12.2. The SMILES string of the molecule is Cc1cccc2c1N(Cc1ccc(I)cc1)C(=O)C2=O. The molecule has 0 aliphatic carbocycles. The van der Waals surface area contributed by atoms with Crippen LogP contribution in [0.25, 0.3) is 0 Å². The first-order valence-electron chi connectivity index (χ1n) is 6.28. The van der Waals surface area contributed by atoms with E-state index in [0.717, 1.165) is 20.4 Å². The molecule has 0 fully saturated rings. The van der Waals surface area contributed by atoms with Gasteiger partial charge in [0.15, 0.2) is 0 Å². The van der Waals surface area contributed by atoms with Gasteiger partial charge in [-0.2, -0.15) is 0 Å². The number of amides is 1. The number of anilines is 1. The van der Waals surface area contributed by atoms with Crippen LogP contribution in [-0.2, 0) is 11.3 Å². The number of carbonyl (C=O) groups is 2. The zero-order valence-electron chi connectivity index (χ0n) is 10.9. The van der Waals surface area contributed by atoms with Gasteiger partial charge in [-0.25, -0.2) is 0 Å². The molecule has 0 atom stereocenters. The Bertz CT molecular complexity index is 707. The molecular weight excluding hydrogens is 365 g/mol. The minimum Gasteiger partial charge on any atom is -0.300 e. The van der Waals surface area contributed by atoms with Crippen LogP contribution in [0.1, 0.15) is 21.5 Å². The fraction of sp³-hybridized carbons (Fsp3) is 0.125. The predicted octanol–water partition coefficient (Wildman–Crippen LogP) is 3.33. The number of Topliss-reactive ketones (excluding diaryl/α,β-unsaturated/α-hetero) is 1. The van der Waals surface area contributed by atoms with E-state index in [-0.39, 0.29) is 0 Å². The van der Waals surface area contributed by atoms with E-state index in [1.54, 1.807) is 11.0 Å². The number of nitrogens with zero attached hydrogens (tertiary/aromatic N) is 1. The van der Waals surface area contributed by atoms with Crippen molar-refractivity contribution < 1.29 is 9.59 Å². The summed E-state index contributed by atoms with van der Waals surface area (Å²) in [5.41, 5.74) is 3.23. The largest absolute Gasteiger partial charge is 0.300 e. The summed E-state index contributed by atoms with van der Waals surface area (Å²) in [7, 11) is 0. The number of hydrogen-bond donors (Lipinski definition) is 0.